The molecule has 0 spiro atoms. The van der Waals surface area contributed by atoms with Crippen LogP contribution in [0.1, 0.15) is 12.5 Å². The predicted octanol–water partition coefficient (Wildman–Crippen LogP) is 3.82. The number of hydrogen-bond donors (Lipinski definition) is 1. The van der Waals surface area contributed by atoms with Crippen LogP contribution in [0.25, 0.3) is 0 Å². The summed E-state index contributed by atoms with van der Waals surface area (Å²) in [6.45, 7) is 2.46. The van der Waals surface area contributed by atoms with E-state index in [0.717, 1.165) is 10.0 Å². The zero-order valence-electron chi connectivity index (χ0n) is 13.4. The van der Waals surface area contributed by atoms with Crippen molar-refractivity contribution in [1.29, 1.82) is 0 Å². The Hall–Kier alpha value is -2.25. The molecule has 7 heteroatoms. The summed E-state index contributed by atoms with van der Waals surface area (Å²) in [5.74, 6) is -0.163. The molecule has 2 aromatic rings. The topological polar surface area (TPSA) is 75.5 Å². The van der Waals surface area contributed by atoms with Crippen molar-refractivity contribution in [3.8, 4) is 0 Å². The maximum atomic E-state index is 12.3. The first-order chi connectivity index (χ1) is 11.4. The van der Waals surface area contributed by atoms with E-state index in [0.29, 0.717) is 12.2 Å². The van der Waals surface area contributed by atoms with E-state index in [4.69, 9.17) is 0 Å². The number of hydrogen-bond acceptors (Lipinski definition) is 4. The van der Waals surface area contributed by atoms with Crippen LogP contribution >= 0.6 is 15.9 Å². The Balaban J connectivity index is 1.95. The molecule has 1 N–H and O–H groups in total. The molecule has 0 radical (unpaired) electrons. The van der Waals surface area contributed by atoms with Gasteiger partial charge in [0.2, 0.25) is 5.91 Å². The number of rotatable bonds is 6. The van der Waals surface area contributed by atoms with E-state index in [9.17, 15) is 14.9 Å². The quantitative estimate of drug-likeness (QED) is 0.599. The first-order valence-electron chi connectivity index (χ1n) is 7.37. The number of anilines is 1. The summed E-state index contributed by atoms with van der Waals surface area (Å²) in [6, 6.07) is 13.4. The largest absolute Gasteiger partial charge is 0.325 e. The summed E-state index contributed by atoms with van der Waals surface area (Å²) in [4.78, 5) is 24.4. The molecule has 0 bridgehead atoms. The van der Waals surface area contributed by atoms with Gasteiger partial charge in [0, 0.05) is 28.8 Å². The lowest BCUT2D eigenvalue weighted by Crippen LogP contribution is -2.39. The van der Waals surface area contributed by atoms with Crippen LogP contribution in [0.4, 0.5) is 11.4 Å². The molecule has 2 rings (SSSR count). The number of nitrogens with zero attached hydrogens (tertiary/aromatic N) is 2. The maximum Gasteiger partial charge on any atom is 0.269 e. The molecule has 1 amide bonds. The molecule has 0 fully saturated rings. The molecule has 126 valence electrons. The summed E-state index contributed by atoms with van der Waals surface area (Å²) in [5.41, 5.74) is 1.64. The lowest BCUT2D eigenvalue weighted by atomic mass is 10.2. The van der Waals surface area contributed by atoms with Gasteiger partial charge in [-0.3, -0.25) is 19.8 Å². The molecule has 6 nitrogen and oxygen atoms in total. The minimum Gasteiger partial charge on any atom is -0.325 e. The molecule has 0 aliphatic heterocycles. The summed E-state index contributed by atoms with van der Waals surface area (Å²) >= 11 is 3.40. The van der Waals surface area contributed by atoms with Crippen LogP contribution in [0.15, 0.2) is 53.0 Å². The summed E-state index contributed by atoms with van der Waals surface area (Å²) in [6.07, 6.45) is 0. The second-order valence-corrected chi connectivity index (χ2v) is 6.43. The third-order valence-corrected chi connectivity index (χ3v) is 4.26. The van der Waals surface area contributed by atoms with Gasteiger partial charge in [-0.1, -0.05) is 28.1 Å². The fourth-order valence-corrected chi connectivity index (χ4v) is 2.39. The fourth-order valence-electron chi connectivity index (χ4n) is 2.13. The smallest absolute Gasteiger partial charge is 0.269 e. The predicted molar refractivity (Wildman–Crippen MR) is 96.8 cm³/mol. The van der Waals surface area contributed by atoms with Crippen molar-refractivity contribution in [2.75, 3.05) is 12.4 Å². The second-order valence-electron chi connectivity index (χ2n) is 5.51. The number of non-ortho nitro benzene ring substituents is 1. The summed E-state index contributed by atoms with van der Waals surface area (Å²) in [5, 5.41) is 13.4. The molecule has 1 unspecified atom stereocenters. The van der Waals surface area contributed by atoms with Crippen LogP contribution in [0, 0.1) is 10.1 Å². The molecular formula is C17H18BrN3O3. The number of halogens is 1. The number of nitro benzene ring substituents is 1. The summed E-state index contributed by atoms with van der Waals surface area (Å²) in [7, 11) is 1.88. The van der Waals surface area contributed by atoms with Gasteiger partial charge >= 0.3 is 0 Å². The van der Waals surface area contributed by atoms with Crippen LogP contribution in [0.5, 0.6) is 0 Å². The van der Waals surface area contributed by atoms with E-state index in [1.54, 1.807) is 0 Å². The van der Waals surface area contributed by atoms with Crippen molar-refractivity contribution < 1.29 is 9.72 Å². The Morgan fingerprint density at radius 3 is 2.33 bits per heavy atom. The van der Waals surface area contributed by atoms with Crippen LogP contribution in [0.2, 0.25) is 0 Å². The number of carbonyl (C=O) groups excluding carboxylic acids is 1. The fraction of sp³-hybridized carbons (Fsp3) is 0.235. The molecule has 1 atom stereocenters. The van der Waals surface area contributed by atoms with Crippen molar-refractivity contribution in [3.05, 3.63) is 68.7 Å². The summed E-state index contributed by atoms with van der Waals surface area (Å²) < 4.78 is 1.01. The standard InChI is InChI=1S/C17H18BrN3O3/c1-12(20(2)11-13-3-5-14(18)6-4-13)17(22)19-15-7-9-16(10-8-15)21(23)24/h3-10,12H,11H2,1-2H3,(H,19,22). The highest BCUT2D eigenvalue weighted by Crippen LogP contribution is 2.17. The van der Waals surface area contributed by atoms with Gasteiger partial charge in [0.05, 0.1) is 11.0 Å². The van der Waals surface area contributed by atoms with Crippen LogP contribution in [-0.4, -0.2) is 28.8 Å². The highest BCUT2D eigenvalue weighted by Gasteiger charge is 2.18. The van der Waals surface area contributed by atoms with Crippen molar-refractivity contribution >= 4 is 33.2 Å². The highest BCUT2D eigenvalue weighted by atomic mass is 79.9. The zero-order chi connectivity index (χ0) is 17.7. The maximum absolute atomic E-state index is 12.3. The van der Waals surface area contributed by atoms with Crippen LogP contribution < -0.4 is 5.32 Å². The lowest BCUT2D eigenvalue weighted by molar-refractivity contribution is -0.384. The van der Waals surface area contributed by atoms with Gasteiger partial charge in [-0.25, -0.2) is 0 Å². The SMILES string of the molecule is CC(C(=O)Nc1ccc([N+](=O)[O-])cc1)N(C)Cc1ccc(Br)cc1. The van der Waals surface area contributed by atoms with Gasteiger partial charge in [0.1, 0.15) is 0 Å². The van der Waals surface area contributed by atoms with Gasteiger partial charge in [0.15, 0.2) is 0 Å². The first kappa shape index (κ1) is 18.1. The van der Waals surface area contributed by atoms with Gasteiger partial charge in [-0.15, -0.1) is 0 Å². The minimum atomic E-state index is -0.472. The van der Waals surface area contributed by atoms with Crippen molar-refractivity contribution in [2.45, 2.75) is 19.5 Å². The normalized spacial score (nSPS) is 12.0. The van der Waals surface area contributed by atoms with E-state index in [1.807, 2.05) is 43.1 Å². The van der Waals surface area contributed by atoms with Crippen molar-refractivity contribution in [1.82, 2.24) is 4.90 Å². The number of amides is 1. The number of nitrogens with one attached hydrogen (secondary N) is 1. The monoisotopic (exact) mass is 391 g/mol. The molecule has 0 aliphatic rings. The Kier molecular flexibility index (Phi) is 6.05. The lowest BCUT2D eigenvalue weighted by Gasteiger charge is -2.24. The number of benzene rings is 2. The second kappa shape index (κ2) is 8.03. The minimum absolute atomic E-state index is 0.00611. The molecule has 0 aliphatic carbocycles. The van der Waals surface area contributed by atoms with Gasteiger partial charge in [-0.2, -0.15) is 0 Å². The van der Waals surface area contributed by atoms with Gasteiger partial charge < -0.3 is 5.32 Å². The third kappa shape index (κ3) is 4.87. The first-order valence-corrected chi connectivity index (χ1v) is 8.16. The third-order valence-electron chi connectivity index (χ3n) is 3.73. The molecule has 2 aromatic carbocycles. The Morgan fingerprint density at radius 2 is 1.79 bits per heavy atom. The molecule has 24 heavy (non-hydrogen) atoms. The molecule has 0 saturated carbocycles. The number of carbonyl (C=O) groups is 1. The molecule has 0 heterocycles. The van der Waals surface area contributed by atoms with E-state index in [-0.39, 0.29) is 17.6 Å². The van der Waals surface area contributed by atoms with E-state index in [2.05, 4.69) is 21.2 Å². The van der Waals surface area contributed by atoms with Crippen molar-refractivity contribution in [3.63, 3.8) is 0 Å². The average molecular weight is 392 g/mol. The Bertz CT molecular complexity index is 717. The number of likely N-dealkylation sites (N-methyl/N-ethyl adjacent to an activating group) is 1. The molecular weight excluding hydrogens is 374 g/mol. The Labute approximate surface area is 148 Å². The van der Waals surface area contributed by atoms with Gasteiger partial charge in [0.25, 0.3) is 5.69 Å². The van der Waals surface area contributed by atoms with Gasteiger partial charge in [-0.05, 0) is 43.8 Å². The van der Waals surface area contributed by atoms with Crippen LogP contribution in [-0.2, 0) is 11.3 Å². The molecule has 0 saturated heterocycles. The number of nitro groups is 1. The Morgan fingerprint density at radius 1 is 1.21 bits per heavy atom. The average Bonchev–Trinajstić information content (AvgIpc) is 2.56. The van der Waals surface area contributed by atoms with Crippen LogP contribution in [0.3, 0.4) is 0 Å². The molecule has 0 aromatic heterocycles. The zero-order valence-corrected chi connectivity index (χ0v) is 15.0. The highest BCUT2D eigenvalue weighted by molar-refractivity contribution is 9.10. The van der Waals surface area contributed by atoms with E-state index in [1.165, 1.54) is 24.3 Å². The van der Waals surface area contributed by atoms with E-state index >= 15 is 0 Å². The van der Waals surface area contributed by atoms with Crippen molar-refractivity contribution in [2.24, 2.45) is 0 Å². The van der Waals surface area contributed by atoms with E-state index < -0.39 is 4.92 Å².